The molecule has 5 heteroatoms. The Labute approximate surface area is 172 Å². The second-order valence-corrected chi connectivity index (χ2v) is 10.1. The molecule has 6 atom stereocenters. The molecule has 0 bridgehead atoms. The van der Waals surface area contributed by atoms with Gasteiger partial charge in [-0.25, -0.2) is 0 Å². The van der Waals surface area contributed by atoms with E-state index in [4.69, 9.17) is 4.74 Å². The first kappa shape index (κ1) is 20.5. The summed E-state index contributed by atoms with van der Waals surface area (Å²) in [6.45, 7) is 7.23. The average molecular weight is 401 g/mol. The van der Waals surface area contributed by atoms with Crippen molar-refractivity contribution in [1.82, 2.24) is 0 Å². The number of allylic oxidation sites excluding steroid dienone is 4. The van der Waals surface area contributed by atoms with Crippen LogP contribution in [0.5, 0.6) is 0 Å². The number of carbonyl (C=O) groups is 3. The van der Waals surface area contributed by atoms with Gasteiger partial charge in [-0.2, -0.15) is 0 Å². The van der Waals surface area contributed by atoms with Crippen LogP contribution in [0, 0.1) is 28.6 Å². The minimum atomic E-state index is -1.46. The molecule has 0 aromatic heterocycles. The number of ether oxygens (including phenoxy) is 1. The molecule has 2 fully saturated rings. The number of fused-ring (bicyclic) bond motifs is 5. The largest absolute Gasteiger partial charge is 0.458 e. The molecule has 0 radical (unpaired) electrons. The number of ketones is 2. The maximum atomic E-state index is 12.9. The zero-order chi connectivity index (χ0) is 21.2. The predicted molar refractivity (Wildman–Crippen MR) is 108 cm³/mol. The molecule has 4 aliphatic carbocycles. The van der Waals surface area contributed by atoms with Gasteiger partial charge in [-0.15, -0.1) is 0 Å². The Morgan fingerprint density at radius 1 is 1.28 bits per heavy atom. The standard InChI is InChI=1S/C24H32O5/c1-14-12-22(3)16(11-20(14)26)5-6-17-18(22)7-9-23(4)19(17)8-10-24(23,28)21(27)13-29-15(2)25/h7,11,14,17,19,28H,5-6,8-10,12-13H2,1-4H3/t14-,17-,19-,22-,23-,24+/m1/s1. The minimum Gasteiger partial charge on any atom is -0.458 e. The molecule has 4 aliphatic rings. The molecular weight excluding hydrogens is 368 g/mol. The highest BCUT2D eigenvalue weighted by Gasteiger charge is 2.64. The molecule has 5 nitrogen and oxygen atoms in total. The summed E-state index contributed by atoms with van der Waals surface area (Å²) in [6, 6.07) is 0. The molecule has 0 aromatic carbocycles. The Kier molecular flexibility index (Phi) is 4.69. The Balaban J connectivity index is 1.67. The maximum absolute atomic E-state index is 12.9. The van der Waals surface area contributed by atoms with Crippen LogP contribution in [0.3, 0.4) is 0 Å². The van der Waals surface area contributed by atoms with E-state index in [0.717, 1.165) is 25.7 Å². The molecule has 0 heterocycles. The molecule has 0 aromatic rings. The Hall–Kier alpha value is -1.75. The molecule has 0 spiro atoms. The molecule has 0 aliphatic heterocycles. The van der Waals surface area contributed by atoms with Crippen molar-refractivity contribution >= 4 is 17.5 Å². The van der Waals surface area contributed by atoms with Crippen LogP contribution in [0.1, 0.15) is 66.2 Å². The van der Waals surface area contributed by atoms with Crippen molar-refractivity contribution in [2.45, 2.75) is 71.8 Å². The average Bonchev–Trinajstić information content (AvgIpc) is 2.93. The Morgan fingerprint density at radius 2 is 2.00 bits per heavy atom. The van der Waals surface area contributed by atoms with Gasteiger partial charge >= 0.3 is 5.97 Å². The number of Topliss-reactive ketones (excluding diaryl/α,β-unsaturated/α-hetero) is 1. The highest BCUT2D eigenvalue weighted by molar-refractivity contribution is 5.94. The van der Waals surface area contributed by atoms with E-state index in [1.807, 2.05) is 19.9 Å². The van der Waals surface area contributed by atoms with E-state index in [1.54, 1.807) is 0 Å². The summed E-state index contributed by atoms with van der Waals surface area (Å²) in [4.78, 5) is 36.3. The van der Waals surface area contributed by atoms with Gasteiger partial charge in [-0.1, -0.05) is 38.0 Å². The number of carbonyl (C=O) groups excluding carboxylic acids is 3. The van der Waals surface area contributed by atoms with Crippen molar-refractivity contribution in [3.05, 3.63) is 23.3 Å². The van der Waals surface area contributed by atoms with E-state index in [1.165, 1.54) is 18.1 Å². The third-order valence-electron chi connectivity index (χ3n) is 8.67. The lowest BCUT2D eigenvalue weighted by molar-refractivity contribution is -0.162. The lowest BCUT2D eigenvalue weighted by Crippen LogP contribution is -2.55. The van der Waals surface area contributed by atoms with Crippen molar-refractivity contribution in [1.29, 1.82) is 0 Å². The minimum absolute atomic E-state index is 0.0301. The van der Waals surface area contributed by atoms with E-state index in [0.29, 0.717) is 18.8 Å². The molecule has 29 heavy (non-hydrogen) atoms. The second kappa shape index (κ2) is 6.63. The van der Waals surface area contributed by atoms with Crippen molar-refractivity contribution in [3.63, 3.8) is 0 Å². The Bertz CT molecular complexity index is 838. The van der Waals surface area contributed by atoms with Crippen molar-refractivity contribution < 1.29 is 24.2 Å². The first-order valence-electron chi connectivity index (χ1n) is 10.9. The molecule has 2 saturated carbocycles. The topological polar surface area (TPSA) is 80.7 Å². The Morgan fingerprint density at radius 3 is 2.69 bits per heavy atom. The van der Waals surface area contributed by atoms with Crippen LogP contribution in [-0.2, 0) is 19.1 Å². The van der Waals surface area contributed by atoms with E-state index >= 15 is 0 Å². The summed E-state index contributed by atoms with van der Waals surface area (Å²) in [5, 5.41) is 11.5. The summed E-state index contributed by atoms with van der Waals surface area (Å²) >= 11 is 0. The lowest BCUT2D eigenvalue weighted by Gasteiger charge is -2.55. The monoisotopic (exact) mass is 400 g/mol. The number of rotatable bonds is 3. The van der Waals surface area contributed by atoms with Gasteiger partial charge in [0.05, 0.1) is 0 Å². The van der Waals surface area contributed by atoms with Gasteiger partial charge in [0.15, 0.2) is 12.4 Å². The summed E-state index contributed by atoms with van der Waals surface area (Å²) in [7, 11) is 0. The van der Waals surface area contributed by atoms with Gasteiger partial charge in [0.25, 0.3) is 0 Å². The molecule has 4 rings (SSSR count). The summed E-state index contributed by atoms with van der Waals surface area (Å²) in [6.07, 6.45) is 8.70. The fourth-order valence-corrected chi connectivity index (χ4v) is 6.95. The first-order chi connectivity index (χ1) is 13.5. The second-order valence-electron chi connectivity index (χ2n) is 10.1. The number of esters is 1. The molecule has 0 unspecified atom stereocenters. The van der Waals surface area contributed by atoms with Crippen molar-refractivity contribution in [2.24, 2.45) is 28.6 Å². The van der Waals surface area contributed by atoms with E-state index in [2.05, 4.69) is 13.0 Å². The van der Waals surface area contributed by atoms with Gasteiger partial charge in [0.1, 0.15) is 5.60 Å². The fourth-order valence-electron chi connectivity index (χ4n) is 6.95. The van der Waals surface area contributed by atoms with Crippen LogP contribution in [0.15, 0.2) is 23.3 Å². The van der Waals surface area contributed by atoms with Crippen LogP contribution < -0.4 is 0 Å². The number of aliphatic hydroxyl groups is 1. The van der Waals surface area contributed by atoms with Gasteiger partial charge in [-0.05, 0) is 56.4 Å². The van der Waals surface area contributed by atoms with Crippen LogP contribution in [0.2, 0.25) is 0 Å². The highest BCUT2D eigenvalue weighted by Crippen LogP contribution is 2.65. The third-order valence-corrected chi connectivity index (χ3v) is 8.67. The first-order valence-corrected chi connectivity index (χ1v) is 10.9. The predicted octanol–water partition coefficient (Wildman–Crippen LogP) is 3.55. The maximum Gasteiger partial charge on any atom is 0.303 e. The van der Waals surface area contributed by atoms with Crippen molar-refractivity contribution in [2.75, 3.05) is 6.61 Å². The molecule has 0 saturated heterocycles. The third kappa shape index (κ3) is 2.80. The summed E-state index contributed by atoms with van der Waals surface area (Å²) < 4.78 is 4.92. The normalized spacial score (nSPS) is 43.5. The van der Waals surface area contributed by atoms with E-state index in [-0.39, 0.29) is 35.4 Å². The molecule has 1 N–H and O–H groups in total. The number of hydrogen-bond acceptors (Lipinski definition) is 5. The van der Waals surface area contributed by atoms with Crippen LogP contribution in [0.4, 0.5) is 0 Å². The molecule has 0 amide bonds. The smallest absolute Gasteiger partial charge is 0.303 e. The van der Waals surface area contributed by atoms with E-state index in [9.17, 15) is 19.5 Å². The highest BCUT2D eigenvalue weighted by atomic mass is 16.5. The van der Waals surface area contributed by atoms with E-state index < -0.39 is 17.0 Å². The van der Waals surface area contributed by atoms with Crippen LogP contribution in [0.25, 0.3) is 0 Å². The quantitative estimate of drug-likeness (QED) is 0.579. The molecular formula is C24H32O5. The van der Waals surface area contributed by atoms with Crippen molar-refractivity contribution in [3.8, 4) is 0 Å². The lowest BCUT2D eigenvalue weighted by atomic mass is 9.50. The summed E-state index contributed by atoms with van der Waals surface area (Å²) in [5.74, 6) is -0.0695. The number of hydrogen-bond donors (Lipinski definition) is 1. The van der Waals surface area contributed by atoms with Gasteiger partial charge in [0.2, 0.25) is 5.78 Å². The summed E-state index contributed by atoms with van der Waals surface area (Å²) in [5.41, 5.74) is 0.577. The SMILES string of the molecule is CC(=O)OCC(=O)[C@@]1(O)CC[C@@H]2[C@@H]3CCC4=CC(=O)[C@H](C)C[C@@]4(C)C3=CC[C@]21C. The van der Waals surface area contributed by atoms with Gasteiger partial charge < -0.3 is 9.84 Å². The van der Waals surface area contributed by atoms with Crippen LogP contribution in [-0.4, -0.2) is 34.9 Å². The zero-order valence-corrected chi connectivity index (χ0v) is 17.9. The molecule has 158 valence electrons. The fraction of sp³-hybridized carbons (Fsp3) is 0.708. The zero-order valence-electron chi connectivity index (χ0n) is 17.9. The van der Waals surface area contributed by atoms with Crippen LogP contribution >= 0.6 is 0 Å². The van der Waals surface area contributed by atoms with Gasteiger partial charge in [-0.3, -0.25) is 14.4 Å². The van der Waals surface area contributed by atoms with Gasteiger partial charge in [0, 0.05) is 23.7 Å².